The lowest BCUT2D eigenvalue weighted by atomic mass is 10.1. The van der Waals surface area contributed by atoms with Crippen LogP contribution in [0.3, 0.4) is 0 Å². The lowest BCUT2D eigenvalue weighted by Crippen LogP contribution is -2.01. The predicted octanol–water partition coefficient (Wildman–Crippen LogP) is 3.94. The molecule has 0 aliphatic rings. The number of rotatable bonds is 4. The molecule has 0 aliphatic heterocycles. The Hall–Kier alpha value is -1.80. The van der Waals surface area contributed by atoms with Crippen molar-refractivity contribution in [1.29, 1.82) is 0 Å². The van der Waals surface area contributed by atoms with Crippen LogP contribution in [0.25, 0.3) is 0 Å². The summed E-state index contributed by atoms with van der Waals surface area (Å²) < 4.78 is 5.82. The minimum Gasteiger partial charge on any atom is -0.489 e. The molecule has 2 aromatic carbocycles. The molecule has 19 heavy (non-hydrogen) atoms. The third kappa shape index (κ3) is 3.58. The van der Waals surface area contributed by atoms with E-state index in [0.717, 1.165) is 22.4 Å². The van der Waals surface area contributed by atoms with Crippen LogP contribution in [0.15, 0.2) is 42.5 Å². The zero-order chi connectivity index (χ0) is 13.8. The first kappa shape index (κ1) is 13.6. The van der Waals surface area contributed by atoms with Crippen molar-refractivity contribution in [2.24, 2.45) is 0 Å². The molecule has 2 aromatic rings. The van der Waals surface area contributed by atoms with Crippen LogP contribution in [0.4, 0.5) is 0 Å². The fourth-order valence-electron chi connectivity index (χ4n) is 1.97. The maximum absolute atomic E-state index is 9.78. The van der Waals surface area contributed by atoms with E-state index < -0.39 is 6.10 Å². The molecule has 2 heteroatoms. The number of hydrogen-bond donors (Lipinski definition) is 1. The number of aliphatic hydroxyl groups excluding tert-OH is 1. The van der Waals surface area contributed by atoms with Crippen molar-refractivity contribution in [3.63, 3.8) is 0 Å². The third-order valence-corrected chi connectivity index (χ3v) is 3.13. The van der Waals surface area contributed by atoms with E-state index in [0.29, 0.717) is 6.61 Å². The van der Waals surface area contributed by atoms with Crippen molar-refractivity contribution in [1.82, 2.24) is 0 Å². The van der Waals surface area contributed by atoms with Gasteiger partial charge in [0.1, 0.15) is 12.4 Å². The second kappa shape index (κ2) is 5.89. The second-order valence-electron chi connectivity index (χ2n) is 4.99. The summed E-state index contributed by atoms with van der Waals surface area (Å²) in [6.45, 7) is 6.35. The number of hydrogen-bond acceptors (Lipinski definition) is 2. The van der Waals surface area contributed by atoms with Gasteiger partial charge in [-0.3, -0.25) is 0 Å². The van der Waals surface area contributed by atoms with Crippen LogP contribution in [0.2, 0.25) is 0 Å². The smallest absolute Gasteiger partial charge is 0.125 e. The Morgan fingerprint density at radius 1 is 1.00 bits per heavy atom. The molecule has 0 unspecified atom stereocenters. The van der Waals surface area contributed by atoms with Gasteiger partial charge >= 0.3 is 0 Å². The van der Waals surface area contributed by atoms with E-state index in [9.17, 15) is 5.11 Å². The van der Waals surface area contributed by atoms with E-state index in [1.54, 1.807) is 6.92 Å². The summed E-state index contributed by atoms with van der Waals surface area (Å²) in [5.41, 5.74) is 4.33. The highest BCUT2D eigenvalue weighted by molar-refractivity contribution is 5.38. The van der Waals surface area contributed by atoms with Gasteiger partial charge in [-0.05, 0) is 38.5 Å². The van der Waals surface area contributed by atoms with Gasteiger partial charge in [0.25, 0.3) is 0 Å². The molecule has 0 amide bonds. The standard InChI is InChI=1S/C17H20O2/c1-12-4-7-15(8-5-12)11-19-17-9-6-13(2)10-16(17)14(3)18/h4-10,14,18H,11H2,1-3H3/t14-/m1/s1. The Labute approximate surface area is 114 Å². The van der Waals surface area contributed by atoms with Gasteiger partial charge < -0.3 is 9.84 Å². The minimum atomic E-state index is -0.520. The van der Waals surface area contributed by atoms with Crippen LogP contribution < -0.4 is 4.74 Å². The summed E-state index contributed by atoms with van der Waals surface area (Å²) in [6, 6.07) is 14.2. The van der Waals surface area contributed by atoms with Crippen molar-refractivity contribution >= 4 is 0 Å². The molecule has 0 saturated carbocycles. The average molecular weight is 256 g/mol. The van der Waals surface area contributed by atoms with E-state index in [4.69, 9.17) is 4.74 Å². The Morgan fingerprint density at radius 3 is 2.26 bits per heavy atom. The van der Waals surface area contributed by atoms with Gasteiger partial charge in [0, 0.05) is 5.56 Å². The zero-order valence-corrected chi connectivity index (χ0v) is 11.7. The SMILES string of the molecule is Cc1ccc(COc2ccc(C)cc2[C@@H](C)O)cc1. The Morgan fingerprint density at radius 2 is 1.63 bits per heavy atom. The van der Waals surface area contributed by atoms with Crippen LogP contribution >= 0.6 is 0 Å². The van der Waals surface area contributed by atoms with Crippen molar-refractivity contribution in [2.75, 3.05) is 0 Å². The minimum absolute atomic E-state index is 0.517. The molecular weight excluding hydrogens is 236 g/mol. The molecule has 0 radical (unpaired) electrons. The van der Waals surface area contributed by atoms with Gasteiger partial charge in [-0.15, -0.1) is 0 Å². The number of aryl methyl sites for hydroxylation is 2. The highest BCUT2D eigenvalue weighted by Gasteiger charge is 2.09. The number of ether oxygens (including phenoxy) is 1. The van der Waals surface area contributed by atoms with Crippen LogP contribution in [-0.2, 0) is 6.61 Å². The largest absolute Gasteiger partial charge is 0.489 e. The lowest BCUT2D eigenvalue weighted by Gasteiger charge is -2.14. The first-order valence-corrected chi connectivity index (χ1v) is 6.53. The number of aliphatic hydroxyl groups is 1. The normalized spacial score (nSPS) is 12.2. The molecule has 0 fully saturated rings. The van der Waals surface area contributed by atoms with Gasteiger partial charge in [0.05, 0.1) is 6.10 Å². The summed E-state index contributed by atoms with van der Waals surface area (Å²) in [6.07, 6.45) is -0.520. The zero-order valence-electron chi connectivity index (χ0n) is 11.7. The molecule has 0 heterocycles. The Kier molecular flexibility index (Phi) is 4.23. The van der Waals surface area contributed by atoms with E-state index in [1.165, 1.54) is 5.56 Å². The fourth-order valence-corrected chi connectivity index (χ4v) is 1.97. The van der Waals surface area contributed by atoms with Gasteiger partial charge in [-0.2, -0.15) is 0 Å². The first-order chi connectivity index (χ1) is 9.06. The molecule has 0 spiro atoms. The second-order valence-corrected chi connectivity index (χ2v) is 4.99. The van der Waals surface area contributed by atoms with Gasteiger partial charge in [0.15, 0.2) is 0 Å². The maximum atomic E-state index is 9.78. The van der Waals surface area contributed by atoms with E-state index in [1.807, 2.05) is 25.1 Å². The molecule has 0 aromatic heterocycles. The molecule has 0 bridgehead atoms. The topological polar surface area (TPSA) is 29.5 Å². The molecule has 0 aliphatic carbocycles. The highest BCUT2D eigenvalue weighted by Crippen LogP contribution is 2.27. The summed E-state index contributed by atoms with van der Waals surface area (Å²) in [5, 5.41) is 9.78. The molecule has 2 nitrogen and oxygen atoms in total. The molecule has 1 N–H and O–H groups in total. The number of benzene rings is 2. The predicted molar refractivity (Wildman–Crippen MR) is 77.3 cm³/mol. The monoisotopic (exact) mass is 256 g/mol. The van der Waals surface area contributed by atoms with Crippen molar-refractivity contribution < 1.29 is 9.84 Å². The van der Waals surface area contributed by atoms with E-state index >= 15 is 0 Å². The summed E-state index contributed by atoms with van der Waals surface area (Å²) >= 11 is 0. The Balaban J connectivity index is 2.13. The van der Waals surface area contributed by atoms with Crippen LogP contribution in [0.1, 0.15) is 35.3 Å². The molecular formula is C17H20O2. The van der Waals surface area contributed by atoms with Crippen LogP contribution in [0, 0.1) is 13.8 Å². The molecule has 100 valence electrons. The van der Waals surface area contributed by atoms with E-state index in [2.05, 4.69) is 31.2 Å². The molecule has 2 rings (SSSR count). The molecule has 0 saturated heterocycles. The quantitative estimate of drug-likeness (QED) is 0.898. The lowest BCUT2D eigenvalue weighted by molar-refractivity contribution is 0.190. The van der Waals surface area contributed by atoms with Crippen LogP contribution in [-0.4, -0.2) is 5.11 Å². The van der Waals surface area contributed by atoms with Gasteiger partial charge in [-0.1, -0.05) is 41.5 Å². The van der Waals surface area contributed by atoms with E-state index in [-0.39, 0.29) is 0 Å². The molecule has 1 atom stereocenters. The maximum Gasteiger partial charge on any atom is 0.125 e. The van der Waals surface area contributed by atoms with Gasteiger partial charge in [-0.25, -0.2) is 0 Å². The van der Waals surface area contributed by atoms with Crippen molar-refractivity contribution in [3.8, 4) is 5.75 Å². The van der Waals surface area contributed by atoms with Crippen molar-refractivity contribution in [2.45, 2.75) is 33.5 Å². The summed E-state index contributed by atoms with van der Waals surface area (Å²) in [5.74, 6) is 0.751. The summed E-state index contributed by atoms with van der Waals surface area (Å²) in [4.78, 5) is 0. The first-order valence-electron chi connectivity index (χ1n) is 6.53. The Bertz CT molecular complexity index is 542. The van der Waals surface area contributed by atoms with Crippen LogP contribution in [0.5, 0.6) is 5.75 Å². The fraction of sp³-hybridized carbons (Fsp3) is 0.294. The average Bonchev–Trinajstić information content (AvgIpc) is 2.39. The summed E-state index contributed by atoms with van der Waals surface area (Å²) in [7, 11) is 0. The highest BCUT2D eigenvalue weighted by atomic mass is 16.5. The third-order valence-electron chi connectivity index (χ3n) is 3.13. The van der Waals surface area contributed by atoms with Gasteiger partial charge in [0.2, 0.25) is 0 Å². The van der Waals surface area contributed by atoms with Crippen molar-refractivity contribution in [3.05, 3.63) is 64.7 Å².